The molecule has 0 aliphatic carbocycles. The van der Waals surface area contributed by atoms with Gasteiger partial charge in [0.05, 0.1) is 0 Å². The molecule has 0 atom stereocenters. The molecule has 1 rings (SSSR count). The van der Waals surface area contributed by atoms with Crippen molar-refractivity contribution >= 4 is 17.7 Å². The van der Waals surface area contributed by atoms with Crippen LogP contribution in [0.3, 0.4) is 0 Å². The quantitative estimate of drug-likeness (QED) is 0.667. The molecule has 1 N–H and O–H groups in total. The first-order valence-electron chi connectivity index (χ1n) is 6.69. The first-order chi connectivity index (χ1) is 9.36. The number of aryl methyl sites for hydroxylation is 2. The van der Waals surface area contributed by atoms with Gasteiger partial charge in [-0.15, -0.1) is 0 Å². The molecular formula is C15H24N4O. The molecule has 0 unspecified atom stereocenters. The van der Waals surface area contributed by atoms with Gasteiger partial charge in [0, 0.05) is 33.9 Å². The molecule has 5 nitrogen and oxygen atoms in total. The molecule has 0 bridgehead atoms. The molecular weight excluding hydrogens is 252 g/mol. The van der Waals surface area contributed by atoms with E-state index in [9.17, 15) is 4.79 Å². The lowest BCUT2D eigenvalue weighted by Gasteiger charge is -2.22. The van der Waals surface area contributed by atoms with Crippen LogP contribution in [0.4, 0.5) is 10.5 Å². The van der Waals surface area contributed by atoms with Gasteiger partial charge < -0.3 is 15.1 Å². The smallest absolute Gasteiger partial charge is 0.348 e. The van der Waals surface area contributed by atoms with Crippen molar-refractivity contribution < 1.29 is 4.79 Å². The minimum absolute atomic E-state index is 0.355. The van der Waals surface area contributed by atoms with Crippen molar-refractivity contribution in [3.8, 4) is 0 Å². The average Bonchev–Trinajstić information content (AvgIpc) is 2.37. The van der Waals surface area contributed by atoms with Gasteiger partial charge in [0.25, 0.3) is 0 Å². The van der Waals surface area contributed by atoms with Crippen molar-refractivity contribution in [1.82, 2.24) is 9.80 Å². The number of carbonyl (C=O) groups is 1. The number of guanidine groups is 1. The summed E-state index contributed by atoms with van der Waals surface area (Å²) in [5.41, 5.74) is 3.02. The van der Waals surface area contributed by atoms with Crippen LogP contribution in [0.1, 0.15) is 18.1 Å². The zero-order valence-corrected chi connectivity index (χ0v) is 13.2. The Morgan fingerprint density at radius 3 is 2.30 bits per heavy atom. The monoisotopic (exact) mass is 276 g/mol. The summed E-state index contributed by atoms with van der Waals surface area (Å²) in [5, 5.41) is 2.89. The Kier molecular flexibility index (Phi) is 5.55. The van der Waals surface area contributed by atoms with E-state index in [-0.39, 0.29) is 6.03 Å². The third kappa shape index (κ3) is 3.98. The summed E-state index contributed by atoms with van der Waals surface area (Å²) in [7, 11) is 7.43. The number of urea groups is 1. The van der Waals surface area contributed by atoms with Gasteiger partial charge in [-0.2, -0.15) is 4.99 Å². The Hall–Kier alpha value is -2.04. The zero-order chi connectivity index (χ0) is 15.3. The minimum atomic E-state index is -0.355. The van der Waals surface area contributed by atoms with Gasteiger partial charge >= 0.3 is 6.03 Å². The van der Waals surface area contributed by atoms with Crippen LogP contribution in [0.2, 0.25) is 0 Å². The molecule has 5 heteroatoms. The fourth-order valence-corrected chi connectivity index (χ4v) is 2.03. The Morgan fingerprint density at radius 1 is 1.20 bits per heavy atom. The molecule has 0 spiro atoms. The summed E-state index contributed by atoms with van der Waals surface area (Å²) >= 11 is 0. The summed E-state index contributed by atoms with van der Waals surface area (Å²) in [5.74, 6) is 0.606. The van der Waals surface area contributed by atoms with Gasteiger partial charge in [0.2, 0.25) is 5.96 Å². The van der Waals surface area contributed by atoms with E-state index in [0.717, 1.165) is 23.2 Å². The third-order valence-corrected chi connectivity index (χ3v) is 2.97. The van der Waals surface area contributed by atoms with Crippen LogP contribution in [-0.4, -0.2) is 50.0 Å². The molecule has 0 aliphatic rings. The van der Waals surface area contributed by atoms with Gasteiger partial charge in [0.15, 0.2) is 0 Å². The van der Waals surface area contributed by atoms with E-state index >= 15 is 0 Å². The number of hydrogen-bond acceptors (Lipinski definition) is 1. The van der Waals surface area contributed by atoms with E-state index in [1.54, 1.807) is 9.80 Å². The molecule has 20 heavy (non-hydrogen) atoms. The van der Waals surface area contributed by atoms with E-state index in [2.05, 4.69) is 17.2 Å². The van der Waals surface area contributed by atoms with Crippen LogP contribution < -0.4 is 5.32 Å². The van der Waals surface area contributed by atoms with E-state index in [4.69, 9.17) is 0 Å². The van der Waals surface area contributed by atoms with E-state index < -0.39 is 0 Å². The Labute approximate surface area is 121 Å². The number of para-hydroxylation sites is 1. The number of anilines is 1. The highest BCUT2D eigenvalue weighted by molar-refractivity contribution is 5.99. The number of hydrogen-bond donors (Lipinski definition) is 1. The second kappa shape index (κ2) is 6.93. The summed E-state index contributed by atoms with van der Waals surface area (Å²) in [6, 6.07) is 5.65. The number of nitrogens with zero attached hydrogens (tertiary/aromatic N) is 3. The molecule has 1 aromatic rings. The SMILES string of the molecule is CCc1cccc(C)c1NC(=O)N=C(N(C)C)N(C)C. The number of rotatable bonds is 2. The molecule has 0 fully saturated rings. The van der Waals surface area contributed by atoms with Crippen molar-refractivity contribution in [2.24, 2.45) is 4.99 Å². The summed E-state index contributed by atoms with van der Waals surface area (Å²) in [6.45, 7) is 4.05. The van der Waals surface area contributed by atoms with Crippen LogP contribution >= 0.6 is 0 Å². The predicted molar refractivity (Wildman–Crippen MR) is 84.4 cm³/mol. The Bertz CT molecular complexity index is 497. The highest BCUT2D eigenvalue weighted by Crippen LogP contribution is 2.21. The maximum Gasteiger partial charge on any atom is 0.348 e. The predicted octanol–water partition coefficient (Wildman–Crippen LogP) is 2.57. The molecule has 0 aromatic heterocycles. The van der Waals surface area contributed by atoms with Gasteiger partial charge in [-0.25, -0.2) is 4.79 Å². The number of carbonyl (C=O) groups excluding carboxylic acids is 1. The number of amides is 2. The molecule has 1 aromatic carbocycles. The van der Waals surface area contributed by atoms with Gasteiger partial charge in [-0.05, 0) is 24.5 Å². The zero-order valence-electron chi connectivity index (χ0n) is 13.2. The van der Waals surface area contributed by atoms with Crippen LogP contribution in [0.25, 0.3) is 0 Å². The molecule has 0 saturated heterocycles. The maximum atomic E-state index is 12.1. The van der Waals surface area contributed by atoms with Crippen molar-refractivity contribution in [1.29, 1.82) is 0 Å². The number of benzene rings is 1. The number of aliphatic imine (C=N–C) groups is 1. The van der Waals surface area contributed by atoms with Crippen molar-refractivity contribution in [2.75, 3.05) is 33.5 Å². The molecule has 0 saturated carbocycles. The lowest BCUT2D eigenvalue weighted by atomic mass is 10.1. The fourth-order valence-electron chi connectivity index (χ4n) is 2.03. The Morgan fingerprint density at radius 2 is 1.80 bits per heavy atom. The highest BCUT2D eigenvalue weighted by Gasteiger charge is 2.11. The molecule has 0 aliphatic heterocycles. The van der Waals surface area contributed by atoms with Gasteiger partial charge in [-0.3, -0.25) is 0 Å². The van der Waals surface area contributed by atoms with Crippen LogP contribution in [-0.2, 0) is 6.42 Å². The van der Waals surface area contributed by atoms with Crippen LogP contribution in [0.15, 0.2) is 23.2 Å². The molecule has 110 valence electrons. The van der Waals surface area contributed by atoms with Crippen molar-refractivity contribution in [2.45, 2.75) is 20.3 Å². The second-order valence-electron chi connectivity index (χ2n) is 5.09. The second-order valence-corrected chi connectivity index (χ2v) is 5.09. The van der Waals surface area contributed by atoms with E-state index in [1.807, 2.05) is 53.3 Å². The van der Waals surface area contributed by atoms with Crippen molar-refractivity contribution in [3.05, 3.63) is 29.3 Å². The van der Waals surface area contributed by atoms with E-state index in [0.29, 0.717) is 5.96 Å². The topological polar surface area (TPSA) is 47.9 Å². The lowest BCUT2D eigenvalue weighted by molar-refractivity contribution is 0.259. The van der Waals surface area contributed by atoms with Gasteiger partial charge in [-0.1, -0.05) is 25.1 Å². The third-order valence-electron chi connectivity index (χ3n) is 2.97. The first kappa shape index (κ1) is 16.0. The number of nitrogens with one attached hydrogen (secondary N) is 1. The normalized spacial score (nSPS) is 9.90. The fraction of sp³-hybridized carbons (Fsp3) is 0.467. The maximum absolute atomic E-state index is 12.1. The summed E-state index contributed by atoms with van der Waals surface area (Å²) in [4.78, 5) is 19.8. The average molecular weight is 276 g/mol. The van der Waals surface area contributed by atoms with Gasteiger partial charge in [0.1, 0.15) is 0 Å². The standard InChI is InChI=1S/C15H24N4O/c1-7-12-10-8-9-11(2)13(12)16-14(20)17-15(18(3)4)19(5)6/h8-10H,7H2,1-6H3,(H,16,20). The molecule has 0 heterocycles. The largest absolute Gasteiger partial charge is 0.349 e. The summed E-state index contributed by atoms with van der Waals surface area (Å²) < 4.78 is 0. The molecule has 0 radical (unpaired) electrons. The van der Waals surface area contributed by atoms with Crippen LogP contribution in [0.5, 0.6) is 0 Å². The Balaban J connectivity index is 2.99. The summed E-state index contributed by atoms with van der Waals surface area (Å²) in [6.07, 6.45) is 0.870. The minimum Gasteiger partial charge on any atom is -0.349 e. The van der Waals surface area contributed by atoms with Crippen molar-refractivity contribution in [3.63, 3.8) is 0 Å². The lowest BCUT2D eigenvalue weighted by Crippen LogP contribution is -2.36. The van der Waals surface area contributed by atoms with Crippen LogP contribution in [0, 0.1) is 6.92 Å². The highest BCUT2D eigenvalue weighted by atomic mass is 16.2. The van der Waals surface area contributed by atoms with E-state index in [1.165, 1.54) is 0 Å². The molecule has 2 amide bonds. The first-order valence-corrected chi connectivity index (χ1v) is 6.69.